The van der Waals surface area contributed by atoms with E-state index in [4.69, 9.17) is 9.84 Å². The largest absolute Gasteiger partial charge is 0.489 e. The predicted octanol–water partition coefficient (Wildman–Crippen LogP) is 2.94. The third-order valence-corrected chi connectivity index (χ3v) is 3.41. The molecule has 0 aliphatic rings. The van der Waals surface area contributed by atoms with E-state index in [1.165, 1.54) is 12.1 Å². The summed E-state index contributed by atoms with van der Waals surface area (Å²) in [5.41, 5.74) is 0.720. The summed E-state index contributed by atoms with van der Waals surface area (Å²) in [7, 11) is 0. The zero-order valence-corrected chi connectivity index (χ0v) is 13.3. The normalized spacial score (nSPS) is 11.2. The monoisotopic (exact) mass is 353 g/mol. The van der Waals surface area contributed by atoms with Crippen molar-refractivity contribution >= 4 is 5.91 Å². The molecule has 2 aromatic carbocycles. The van der Waals surface area contributed by atoms with Crippen molar-refractivity contribution < 1.29 is 27.8 Å². The fourth-order valence-corrected chi connectivity index (χ4v) is 2.10. The number of hydrogen-bond donors (Lipinski definition) is 2. The van der Waals surface area contributed by atoms with Crippen molar-refractivity contribution in [1.82, 2.24) is 5.32 Å². The maximum Gasteiger partial charge on any atom is 0.416 e. The van der Waals surface area contributed by atoms with Crippen molar-refractivity contribution in [3.05, 3.63) is 65.2 Å². The minimum Gasteiger partial charge on any atom is -0.489 e. The number of aliphatic hydroxyl groups is 1. The summed E-state index contributed by atoms with van der Waals surface area (Å²) >= 11 is 0. The number of nitrogens with one attached hydrogen (secondary N) is 1. The molecule has 0 spiro atoms. The lowest BCUT2D eigenvalue weighted by Gasteiger charge is -2.09. The van der Waals surface area contributed by atoms with Gasteiger partial charge in [0.15, 0.2) is 0 Å². The second kappa shape index (κ2) is 8.53. The first-order valence-electron chi connectivity index (χ1n) is 7.64. The molecule has 0 radical (unpaired) electrons. The zero-order valence-electron chi connectivity index (χ0n) is 13.3. The van der Waals surface area contributed by atoms with E-state index in [-0.39, 0.29) is 32.1 Å². The van der Waals surface area contributed by atoms with Crippen molar-refractivity contribution in [1.29, 1.82) is 0 Å². The molecule has 0 aliphatic carbocycles. The summed E-state index contributed by atoms with van der Waals surface area (Å²) < 4.78 is 43.0. The van der Waals surface area contributed by atoms with Gasteiger partial charge >= 0.3 is 6.18 Å². The van der Waals surface area contributed by atoms with Crippen molar-refractivity contribution in [3.63, 3.8) is 0 Å². The van der Waals surface area contributed by atoms with Crippen LogP contribution in [0, 0.1) is 0 Å². The molecular formula is C18H18F3NO3. The van der Waals surface area contributed by atoms with E-state index < -0.39 is 11.7 Å². The molecule has 0 bridgehead atoms. The molecule has 4 nitrogen and oxygen atoms in total. The number of ether oxygens (including phenoxy) is 1. The number of amides is 1. The topological polar surface area (TPSA) is 58.6 Å². The fourth-order valence-electron chi connectivity index (χ4n) is 2.10. The minimum atomic E-state index is -4.35. The Morgan fingerprint density at radius 1 is 1.00 bits per heavy atom. The number of hydrogen-bond acceptors (Lipinski definition) is 3. The summed E-state index contributed by atoms with van der Waals surface area (Å²) in [6.45, 7) is 0.254. The van der Waals surface area contributed by atoms with Crippen LogP contribution in [0.4, 0.5) is 13.2 Å². The predicted molar refractivity (Wildman–Crippen MR) is 86.0 cm³/mol. The van der Waals surface area contributed by atoms with Crippen LogP contribution < -0.4 is 10.1 Å². The molecule has 0 aliphatic heterocycles. The number of aliphatic hydroxyl groups excluding tert-OH is 1. The van der Waals surface area contributed by atoms with Crippen LogP contribution in [0.3, 0.4) is 0 Å². The SMILES string of the molecule is O=C(Cc1ccc(OCc2ccc(C(F)(F)F)cc2)cc1)NCCO. The number of alkyl halides is 3. The molecule has 2 N–H and O–H groups in total. The average molecular weight is 353 g/mol. The lowest BCUT2D eigenvalue weighted by atomic mass is 10.1. The summed E-state index contributed by atoms with van der Waals surface area (Å²) in [5.74, 6) is 0.367. The Morgan fingerprint density at radius 2 is 1.60 bits per heavy atom. The molecule has 7 heteroatoms. The van der Waals surface area contributed by atoms with Gasteiger partial charge < -0.3 is 15.2 Å². The molecule has 134 valence electrons. The first-order valence-corrected chi connectivity index (χ1v) is 7.64. The number of carbonyl (C=O) groups is 1. The van der Waals surface area contributed by atoms with Gasteiger partial charge in [-0.25, -0.2) is 0 Å². The van der Waals surface area contributed by atoms with Crippen LogP contribution in [0.5, 0.6) is 5.75 Å². The maximum atomic E-state index is 12.5. The number of rotatable bonds is 7. The van der Waals surface area contributed by atoms with Gasteiger partial charge in [0.25, 0.3) is 0 Å². The van der Waals surface area contributed by atoms with Gasteiger partial charge in [0.05, 0.1) is 18.6 Å². The third-order valence-electron chi connectivity index (χ3n) is 3.41. The second-order valence-electron chi connectivity index (χ2n) is 5.38. The fraction of sp³-hybridized carbons (Fsp3) is 0.278. The zero-order chi connectivity index (χ0) is 18.3. The molecule has 1 amide bonds. The molecule has 25 heavy (non-hydrogen) atoms. The van der Waals surface area contributed by atoms with E-state index in [1.54, 1.807) is 24.3 Å². The molecule has 2 aromatic rings. The van der Waals surface area contributed by atoms with Crippen LogP contribution in [0.1, 0.15) is 16.7 Å². The van der Waals surface area contributed by atoms with E-state index in [1.807, 2.05) is 0 Å². The lowest BCUT2D eigenvalue weighted by molar-refractivity contribution is -0.137. The van der Waals surface area contributed by atoms with Gasteiger partial charge in [-0.3, -0.25) is 4.79 Å². The molecule has 2 rings (SSSR count). The standard InChI is InChI=1S/C18H18F3NO3/c19-18(20,21)15-5-1-14(2-6-15)12-25-16-7-3-13(4-8-16)11-17(24)22-9-10-23/h1-8,23H,9-12H2,(H,22,24). The first-order chi connectivity index (χ1) is 11.9. The Hall–Kier alpha value is -2.54. The molecule has 0 unspecified atom stereocenters. The Balaban J connectivity index is 1.86. The van der Waals surface area contributed by atoms with Gasteiger partial charge in [-0.1, -0.05) is 24.3 Å². The first kappa shape index (κ1) is 18.8. The van der Waals surface area contributed by atoms with Gasteiger partial charge in [-0.05, 0) is 35.4 Å². The molecule has 0 saturated heterocycles. The van der Waals surface area contributed by atoms with Gasteiger partial charge in [0, 0.05) is 6.54 Å². The van der Waals surface area contributed by atoms with Gasteiger partial charge in [0.1, 0.15) is 12.4 Å². The quantitative estimate of drug-likeness (QED) is 0.805. The number of carbonyl (C=O) groups excluding carboxylic acids is 1. The van der Waals surface area contributed by atoms with Crippen LogP contribution in [-0.4, -0.2) is 24.2 Å². The highest BCUT2D eigenvalue weighted by molar-refractivity contribution is 5.78. The van der Waals surface area contributed by atoms with Gasteiger partial charge in [-0.15, -0.1) is 0 Å². The molecule has 0 atom stereocenters. The smallest absolute Gasteiger partial charge is 0.416 e. The van der Waals surface area contributed by atoms with Crippen LogP contribution in [-0.2, 0) is 24.0 Å². The van der Waals surface area contributed by atoms with Crippen LogP contribution in [0.25, 0.3) is 0 Å². The second-order valence-corrected chi connectivity index (χ2v) is 5.38. The van der Waals surface area contributed by atoms with Crippen molar-refractivity contribution in [2.24, 2.45) is 0 Å². The van der Waals surface area contributed by atoms with Gasteiger partial charge in [-0.2, -0.15) is 13.2 Å². The Kier molecular flexibility index (Phi) is 6.41. The Morgan fingerprint density at radius 3 is 2.16 bits per heavy atom. The van der Waals surface area contributed by atoms with E-state index in [0.717, 1.165) is 17.7 Å². The van der Waals surface area contributed by atoms with E-state index in [9.17, 15) is 18.0 Å². The van der Waals surface area contributed by atoms with E-state index >= 15 is 0 Å². The summed E-state index contributed by atoms with van der Waals surface area (Å²) in [5, 5.41) is 11.2. The average Bonchev–Trinajstić information content (AvgIpc) is 2.59. The highest BCUT2D eigenvalue weighted by atomic mass is 19.4. The van der Waals surface area contributed by atoms with Crippen LogP contribution >= 0.6 is 0 Å². The van der Waals surface area contributed by atoms with Crippen molar-refractivity contribution in [2.45, 2.75) is 19.2 Å². The Labute approximate surface area is 143 Å². The van der Waals surface area contributed by atoms with E-state index in [0.29, 0.717) is 11.3 Å². The maximum absolute atomic E-state index is 12.5. The Bertz CT molecular complexity index is 682. The lowest BCUT2D eigenvalue weighted by Crippen LogP contribution is -2.27. The summed E-state index contributed by atoms with van der Waals surface area (Å²) in [6.07, 6.45) is -4.15. The minimum absolute atomic E-state index is 0.109. The molecule has 0 heterocycles. The highest BCUT2D eigenvalue weighted by Gasteiger charge is 2.29. The van der Waals surface area contributed by atoms with Crippen LogP contribution in [0.2, 0.25) is 0 Å². The highest BCUT2D eigenvalue weighted by Crippen LogP contribution is 2.29. The molecule has 0 aromatic heterocycles. The van der Waals surface area contributed by atoms with Crippen molar-refractivity contribution in [2.75, 3.05) is 13.2 Å². The number of benzene rings is 2. The summed E-state index contributed by atoms with van der Waals surface area (Å²) in [6, 6.07) is 11.7. The van der Waals surface area contributed by atoms with E-state index in [2.05, 4.69) is 5.32 Å². The number of halogens is 3. The van der Waals surface area contributed by atoms with Crippen molar-refractivity contribution in [3.8, 4) is 5.75 Å². The molecular weight excluding hydrogens is 335 g/mol. The summed E-state index contributed by atoms with van der Waals surface area (Å²) in [4.78, 5) is 11.5. The molecule has 0 fully saturated rings. The third kappa shape index (κ3) is 6.11. The van der Waals surface area contributed by atoms with Gasteiger partial charge in [0.2, 0.25) is 5.91 Å². The van der Waals surface area contributed by atoms with Crippen LogP contribution in [0.15, 0.2) is 48.5 Å². The molecule has 0 saturated carbocycles.